The van der Waals surface area contributed by atoms with Crippen molar-refractivity contribution in [2.75, 3.05) is 7.11 Å². The summed E-state index contributed by atoms with van der Waals surface area (Å²) in [6.45, 7) is 2.01. The number of aromatic nitrogens is 2. The van der Waals surface area contributed by atoms with Crippen LogP contribution in [0.4, 0.5) is 0 Å². The first-order valence-corrected chi connectivity index (χ1v) is 10.7. The molecule has 2 heterocycles. The first-order chi connectivity index (χ1) is 14.1. The van der Waals surface area contributed by atoms with Gasteiger partial charge in [-0.15, -0.1) is 11.3 Å². The van der Waals surface area contributed by atoms with E-state index in [1.165, 1.54) is 23.1 Å². The largest absolute Gasteiger partial charge is 0.496 e. The molecule has 0 radical (unpaired) electrons. The molecule has 0 unspecified atom stereocenters. The summed E-state index contributed by atoms with van der Waals surface area (Å²) < 4.78 is 5.49. The number of thiophene rings is 1. The quantitative estimate of drug-likeness (QED) is 0.358. The van der Waals surface area contributed by atoms with Crippen LogP contribution in [0.5, 0.6) is 5.75 Å². The molecule has 4 rings (SSSR count). The normalized spacial score (nSPS) is 10.8. The number of hydrogen-bond acceptors (Lipinski definition) is 6. The van der Waals surface area contributed by atoms with Crippen LogP contribution in [0.1, 0.15) is 16.7 Å². The van der Waals surface area contributed by atoms with E-state index >= 15 is 0 Å². The number of benzene rings is 2. The number of aromatic amines is 1. The van der Waals surface area contributed by atoms with E-state index in [9.17, 15) is 4.79 Å². The second-order valence-electron chi connectivity index (χ2n) is 6.51. The van der Waals surface area contributed by atoms with E-state index in [-0.39, 0.29) is 5.56 Å². The molecule has 2 aromatic carbocycles. The molecule has 4 aromatic rings. The number of hydrogen-bond donors (Lipinski definition) is 1. The van der Waals surface area contributed by atoms with Crippen LogP contribution >= 0.6 is 23.1 Å². The lowest BCUT2D eigenvalue weighted by molar-refractivity contribution is 0.416. The highest BCUT2D eigenvalue weighted by molar-refractivity contribution is 7.98. The molecule has 0 amide bonds. The topological polar surface area (TPSA) is 78.8 Å². The van der Waals surface area contributed by atoms with Crippen molar-refractivity contribution in [3.8, 4) is 22.9 Å². The zero-order valence-corrected chi connectivity index (χ0v) is 17.5. The summed E-state index contributed by atoms with van der Waals surface area (Å²) in [5.74, 6) is 1.35. The van der Waals surface area contributed by atoms with Crippen molar-refractivity contribution in [3.63, 3.8) is 0 Å². The number of rotatable bonds is 5. The molecule has 0 atom stereocenters. The standard InChI is InChI=1S/C22H17N3O2S2/c1-13-6-7-18(27-2)16(8-13)17-12-28-21-19(17)20(26)24-22(25-21)29-11-15-5-3-4-14(9-15)10-23/h3-9,12H,11H2,1-2H3,(H,24,25,26). The van der Waals surface area contributed by atoms with E-state index in [1.807, 2.05) is 48.7 Å². The summed E-state index contributed by atoms with van der Waals surface area (Å²) in [6, 6.07) is 15.5. The van der Waals surface area contributed by atoms with Gasteiger partial charge < -0.3 is 9.72 Å². The van der Waals surface area contributed by atoms with Gasteiger partial charge in [-0.3, -0.25) is 4.79 Å². The summed E-state index contributed by atoms with van der Waals surface area (Å²) >= 11 is 2.89. The van der Waals surface area contributed by atoms with Crippen LogP contribution in [0.15, 0.2) is 57.8 Å². The third kappa shape index (κ3) is 3.90. The Bertz CT molecular complexity index is 1300. The number of ether oxygens (including phenoxy) is 1. The van der Waals surface area contributed by atoms with Crippen molar-refractivity contribution in [2.24, 2.45) is 0 Å². The molecular formula is C22H17N3O2S2. The number of fused-ring (bicyclic) bond motifs is 1. The third-order valence-electron chi connectivity index (χ3n) is 4.50. The molecule has 29 heavy (non-hydrogen) atoms. The Morgan fingerprint density at radius 3 is 2.90 bits per heavy atom. The number of nitrogens with zero attached hydrogens (tertiary/aromatic N) is 2. The predicted octanol–water partition coefficient (Wildman–Crippen LogP) is 5.13. The maximum atomic E-state index is 12.9. The van der Waals surface area contributed by atoms with Gasteiger partial charge in [-0.2, -0.15) is 5.26 Å². The summed E-state index contributed by atoms with van der Waals surface area (Å²) in [7, 11) is 1.63. The maximum absolute atomic E-state index is 12.9. The minimum atomic E-state index is -0.164. The maximum Gasteiger partial charge on any atom is 0.260 e. The van der Waals surface area contributed by atoms with Crippen molar-refractivity contribution >= 4 is 33.3 Å². The molecule has 144 valence electrons. The third-order valence-corrected chi connectivity index (χ3v) is 6.32. The van der Waals surface area contributed by atoms with E-state index in [0.29, 0.717) is 26.7 Å². The van der Waals surface area contributed by atoms with Gasteiger partial charge in [0.1, 0.15) is 10.6 Å². The highest BCUT2D eigenvalue weighted by Crippen LogP contribution is 2.37. The van der Waals surface area contributed by atoms with Crippen LogP contribution in [0.2, 0.25) is 0 Å². The Balaban J connectivity index is 1.69. The first kappa shape index (κ1) is 19.2. The van der Waals surface area contributed by atoms with E-state index in [4.69, 9.17) is 10.00 Å². The van der Waals surface area contributed by atoms with Crippen molar-refractivity contribution in [1.82, 2.24) is 9.97 Å². The number of nitriles is 1. The van der Waals surface area contributed by atoms with Gasteiger partial charge in [0.2, 0.25) is 0 Å². The molecule has 7 heteroatoms. The van der Waals surface area contributed by atoms with E-state index in [2.05, 4.69) is 16.0 Å². The molecule has 1 N–H and O–H groups in total. The van der Waals surface area contributed by atoms with Gasteiger partial charge in [-0.25, -0.2) is 4.98 Å². The van der Waals surface area contributed by atoms with E-state index in [0.717, 1.165) is 28.0 Å². The zero-order chi connectivity index (χ0) is 20.4. The smallest absolute Gasteiger partial charge is 0.260 e. The van der Waals surface area contributed by atoms with Gasteiger partial charge >= 0.3 is 0 Å². The molecule has 0 aliphatic rings. The van der Waals surface area contributed by atoms with E-state index in [1.54, 1.807) is 13.2 Å². The monoisotopic (exact) mass is 419 g/mol. The van der Waals surface area contributed by atoms with Crippen LogP contribution < -0.4 is 10.3 Å². The van der Waals surface area contributed by atoms with Crippen molar-refractivity contribution in [3.05, 3.63) is 74.9 Å². The first-order valence-electron chi connectivity index (χ1n) is 8.87. The van der Waals surface area contributed by atoms with Crippen molar-refractivity contribution in [2.45, 2.75) is 17.8 Å². The Morgan fingerprint density at radius 1 is 1.24 bits per heavy atom. The lowest BCUT2D eigenvalue weighted by Gasteiger charge is -2.09. The number of thioether (sulfide) groups is 1. The summed E-state index contributed by atoms with van der Waals surface area (Å²) in [6.07, 6.45) is 0. The molecule has 0 spiro atoms. The Hall–Kier alpha value is -3.08. The molecule has 0 saturated carbocycles. The Kier molecular flexibility index (Phi) is 5.38. The van der Waals surface area contributed by atoms with Crippen molar-refractivity contribution in [1.29, 1.82) is 5.26 Å². The Labute approximate surface area is 176 Å². The molecule has 0 aliphatic carbocycles. The molecular weight excluding hydrogens is 402 g/mol. The molecule has 5 nitrogen and oxygen atoms in total. The van der Waals surface area contributed by atoms with Crippen LogP contribution in [-0.4, -0.2) is 17.1 Å². The van der Waals surface area contributed by atoms with Crippen LogP contribution in [-0.2, 0) is 5.75 Å². The Morgan fingerprint density at radius 2 is 2.10 bits per heavy atom. The predicted molar refractivity (Wildman–Crippen MR) is 118 cm³/mol. The van der Waals surface area contributed by atoms with Crippen LogP contribution in [0.25, 0.3) is 21.3 Å². The SMILES string of the molecule is COc1ccc(C)cc1-c1csc2nc(SCc3cccc(C#N)c3)[nH]c(=O)c12. The molecule has 0 aliphatic heterocycles. The highest BCUT2D eigenvalue weighted by Gasteiger charge is 2.16. The number of nitrogens with one attached hydrogen (secondary N) is 1. The van der Waals surface area contributed by atoms with Crippen LogP contribution in [0.3, 0.4) is 0 Å². The second kappa shape index (κ2) is 8.11. The van der Waals surface area contributed by atoms with Gasteiger partial charge in [0, 0.05) is 22.3 Å². The second-order valence-corrected chi connectivity index (χ2v) is 8.33. The summed E-state index contributed by atoms with van der Waals surface area (Å²) in [5.41, 5.74) is 4.28. The van der Waals surface area contributed by atoms with Gasteiger partial charge in [-0.1, -0.05) is 35.5 Å². The lowest BCUT2D eigenvalue weighted by Crippen LogP contribution is -2.08. The van der Waals surface area contributed by atoms with Gasteiger partial charge in [0.05, 0.1) is 24.1 Å². The zero-order valence-electron chi connectivity index (χ0n) is 15.9. The van der Waals surface area contributed by atoms with E-state index < -0.39 is 0 Å². The van der Waals surface area contributed by atoms with Gasteiger partial charge in [0.15, 0.2) is 5.16 Å². The highest BCUT2D eigenvalue weighted by atomic mass is 32.2. The van der Waals surface area contributed by atoms with Gasteiger partial charge in [0.25, 0.3) is 5.56 Å². The molecule has 0 saturated heterocycles. The molecule has 0 bridgehead atoms. The van der Waals surface area contributed by atoms with Crippen molar-refractivity contribution < 1.29 is 4.74 Å². The minimum absolute atomic E-state index is 0.164. The average Bonchev–Trinajstić information content (AvgIpc) is 3.17. The number of methoxy groups -OCH3 is 1. The van der Waals surface area contributed by atoms with Gasteiger partial charge in [-0.05, 0) is 36.8 Å². The molecule has 2 aromatic heterocycles. The summed E-state index contributed by atoms with van der Waals surface area (Å²) in [4.78, 5) is 21.1. The fourth-order valence-electron chi connectivity index (χ4n) is 3.11. The number of H-pyrrole nitrogens is 1. The molecule has 0 fully saturated rings. The summed E-state index contributed by atoms with van der Waals surface area (Å²) in [5, 5.41) is 12.1. The fourth-order valence-corrected chi connectivity index (χ4v) is 4.91. The van der Waals surface area contributed by atoms with Crippen LogP contribution in [0, 0.1) is 18.3 Å². The minimum Gasteiger partial charge on any atom is -0.496 e. The average molecular weight is 420 g/mol. The lowest BCUT2D eigenvalue weighted by atomic mass is 10.0. The number of aryl methyl sites for hydroxylation is 1. The fraction of sp³-hybridized carbons (Fsp3) is 0.136.